The first kappa shape index (κ1) is 12.3. The number of anilines is 1. The first-order chi connectivity index (χ1) is 8.06. The maximum atomic E-state index is 5.92. The highest BCUT2D eigenvalue weighted by molar-refractivity contribution is 7.09. The highest BCUT2D eigenvalue weighted by Crippen LogP contribution is 2.20. The topological polar surface area (TPSA) is 41.9 Å². The summed E-state index contributed by atoms with van der Waals surface area (Å²) < 4.78 is 0. The molecule has 90 valence electrons. The van der Waals surface area contributed by atoms with Gasteiger partial charge in [0.05, 0.1) is 17.7 Å². The van der Waals surface area contributed by atoms with Crippen LogP contribution in [0.15, 0.2) is 11.6 Å². The van der Waals surface area contributed by atoms with Gasteiger partial charge in [0.1, 0.15) is 16.8 Å². The maximum absolute atomic E-state index is 5.92. The fourth-order valence-corrected chi connectivity index (χ4v) is 2.54. The Bertz CT molecular complexity index is 506. The number of thiazole rings is 1. The molecule has 0 N–H and O–H groups in total. The lowest BCUT2D eigenvalue weighted by Gasteiger charge is -2.17. The van der Waals surface area contributed by atoms with E-state index in [0.29, 0.717) is 11.0 Å². The Morgan fingerprint density at radius 2 is 2.12 bits per heavy atom. The van der Waals surface area contributed by atoms with Crippen LogP contribution in [0.25, 0.3) is 0 Å². The van der Waals surface area contributed by atoms with E-state index >= 15 is 0 Å². The van der Waals surface area contributed by atoms with Gasteiger partial charge in [-0.25, -0.2) is 15.0 Å². The van der Waals surface area contributed by atoms with Gasteiger partial charge in [-0.2, -0.15) is 0 Å². The molecule has 0 aliphatic carbocycles. The van der Waals surface area contributed by atoms with Gasteiger partial charge in [-0.15, -0.1) is 11.3 Å². The van der Waals surface area contributed by atoms with Crippen molar-refractivity contribution < 1.29 is 0 Å². The monoisotopic (exact) mass is 268 g/mol. The minimum atomic E-state index is 0.473. The Morgan fingerprint density at radius 1 is 1.35 bits per heavy atom. The minimum Gasteiger partial charge on any atom is -0.354 e. The van der Waals surface area contributed by atoms with E-state index in [2.05, 4.69) is 15.0 Å². The van der Waals surface area contributed by atoms with Crippen molar-refractivity contribution in [3.05, 3.63) is 33.1 Å². The zero-order valence-corrected chi connectivity index (χ0v) is 11.5. The predicted octanol–water partition coefficient (Wildman–Crippen LogP) is 2.84. The molecule has 2 heterocycles. The van der Waals surface area contributed by atoms with Crippen LogP contribution < -0.4 is 4.90 Å². The Kier molecular flexibility index (Phi) is 3.59. The van der Waals surface area contributed by atoms with Crippen molar-refractivity contribution in [3.8, 4) is 0 Å². The van der Waals surface area contributed by atoms with Gasteiger partial charge in [0, 0.05) is 18.0 Å². The smallest absolute Gasteiger partial charge is 0.134 e. The highest BCUT2D eigenvalue weighted by Gasteiger charge is 2.09. The van der Waals surface area contributed by atoms with Crippen LogP contribution in [-0.4, -0.2) is 22.0 Å². The lowest BCUT2D eigenvalue weighted by Crippen LogP contribution is -2.18. The van der Waals surface area contributed by atoms with Crippen LogP contribution in [0.4, 0.5) is 5.82 Å². The molecule has 2 aromatic rings. The molecule has 17 heavy (non-hydrogen) atoms. The summed E-state index contributed by atoms with van der Waals surface area (Å²) in [4.78, 5) is 15.9. The summed E-state index contributed by atoms with van der Waals surface area (Å²) in [5, 5.41) is 0.473. The van der Waals surface area contributed by atoms with Crippen LogP contribution >= 0.6 is 22.9 Å². The molecule has 0 saturated heterocycles. The highest BCUT2D eigenvalue weighted by atomic mass is 35.5. The number of hydrogen-bond donors (Lipinski definition) is 0. The van der Waals surface area contributed by atoms with Crippen LogP contribution in [0, 0.1) is 13.8 Å². The summed E-state index contributed by atoms with van der Waals surface area (Å²) in [6.45, 7) is 4.63. The quantitative estimate of drug-likeness (QED) is 0.803. The van der Waals surface area contributed by atoms with E-state index in [1.807, 2.05) is 31.3 Å². The van der Waals surface area contributed by atoms with Crippen LogP contribution in [-0.2, 0) is 6.54 Å². The van der Waals surface area contributed by atoms with Crippen LogP contribution in [0.5, 0.6) is 0 Å². The fourth-order valence-electron chi connectivity index (χ4n) is 1.49. The standard InChI is InChI=1S/C11H13ClN4S/c1-7-9(17-6-13-7)5-16(3)11-4-10(12)14-8(2)15-11/h4,6H,5H2,1-3H3. The van der Waals surface area contributed by atoms with Crippen LogP contribution in [0.3, 0.4) is 0 Å². The van der Waals surface area contributed by atoms with Crippen molar-refractivity contribution in [1.82, 2.24) is 15.0 Å². The summed E-state index contributed by atoms with van der Waals surface area (Å²) in [6, 6.07) is 1.77. The third-order valence-corrected chi connectivity index (χ3v) is 3.52. The zero-order chi connectivity index (χ0) is 12.4. The molecule has 2 rings (SSSR count). The predicted molar refractivity (Wildman–Crippen MR) is 70.7 cm³/mol. The van der Waals surface area contributed by atoms with Crippen molar-refractivity contribution in [3.63, 3.8) is 0 Å². The van der Waals surface area contributed by atoms with E-state index in [0.717, 1.165) is 18.1 Å². The molecule has 4 nitrogen and oxygen atoms in total. The molecule has 2 aromatic heterocycles. The first-order valence-corrected chi connectivity index (χ1v) is 6.43. The Hall–Kier alpha value is -1.20. The van der Waals surface area contributed by atoms with Gasteiger partial charge in [0.25, 0.3) is 0 Å². The molecular formula is C11H13ClN4S. The van der Waals surface area contributed by atoms with Crippen molar-refractivity contribution in [2.24, 2.45) is 0 Å². The largest absolute Gasteiger partial charge is 0.354 e. The van der Waals surface area contributed by atoms with Gasteiger partial charge in [-0.05, 0) is 13.8 Å². The molecule has 0 saturated carbocycles. The molecule has 0 spiro atoms. The van der Waals surface area contributed by atoms with Crippen molar-refractivity contribution in [2.45, 2.75) is 20.4 Å². The third kappa shape index (κ3) is 2.92. The molecule has 0 atom stereocenters. The van der Waals surface area contributed by atoms with Crippen molar-refractivity contribution in [1.29, 1.82) is 0 Å². The Labute approximate surface area is 109 Å². The molecule has 0 radical (unpaired) electrons. The molecule has 0 unspecified atom stereocenters. The first-order valence-electron chi connectivity index (χ1n) is 5.17. The lowest BCUT2D eigenvalue weighted by atomic mass is 10.3. The number of halogens is 1. The van der Waals surface area contributed by atoms with Gasteiger partial charge >= 0.3 is 0 Å². The average molecular weight is 269 g/mol. The fraction of sp³-hybridized carbons (Fsp3) is 0.364. The second kappa shape index (κ2) is 4.98. The molecule has 0 fully saturated rings. The number of aryl methyl sites for hydroxylation is 2. The Morgan fingerprint density at radius 3 is 2.71 bits per heavy atom. The zero-order valence-electron chi connectivity index (χ0n) is 9.94. The Balaban J connectivity index is 2.20. The molecule has 0 amide bonds. The van der Waals surface area contributed by atoms with Crippen molar-refractivity contribution >= 4 is 28.8 Å². The van der Waals surface area contributed by atoms with Gasteiger partial charge in [-0.1, -0.05) is 11.6 Å². The van der Waals surface area contributed by atoms with E-state index in [1.165, 1.54) is 4.88 Å². The van der Waals surface area contributed by atoms with Gasteiger partial charge in [0.2, 0.25) is 0 Å². The van der Waals surface area contributed by atoms with E-state index in [9.17, 15) is 0 Å². The number of hydrogen-bond acceptors (Lipinski definition) is 5. The number of aromatic nitrogens is 3. The number of nitrogens with zero attached hydrogens (tertiary/aromatic N) is 4. The second-order valence-electron chi connectivity index (χ2n) is 3.81. The summed E-state index contributed by atoms with van der Waals surface area (Å²) in [5.41, 5.74) is 2.93. The molecule has 6 heteroatoms. The lowest BCUT2D eigenvalue weighted by molar-refractivity contribution is 0.882. The SMILES string of the molecule is Cc1nc(Cl)cc(N(C)Cc2scnc2C)n1. The normalized spacial score (nSPS) is 10.6. The maximum Gasteiger partial charge on any atom is 0.134 e. The molecule has 0 aliphatic heterocycles. The van der Waals surface area contributed by atoms with Gasteiger partial charge in [0.15, 0.2) is 0 Å². The van der Waals surface area contributed by atoms with E-state index in [-0.39, 0.29) is 0 Å². The summed E-state index contributed by atoms with van der Waals surface area (Å²) in [5.74, 6) is 1.51. The van der Waals surface area contributed by atoms with E-state index < -0.39 is 0 Å². The van der Waals surface area contributed by atoms with Crippen LogP contribution in [0.2, 0.25) is 5.15 Å². The van der Waals surface area contributed by atoms with E-state index in [1.54, 1.807) is 17.4 Å². The summed E-state index contributed by atoms with van der Waals surface area (Å²) in [6.07, 6.45) is 0. The number of rotatable bonds is 3. The third-order valence-electron chi connectivity index (χ3n) is 2.41. The molecule has 0 aromatic carbocycles. The van der Waals surface area contributed by atoms with Crippen molar-refractivity contribution in [2.75, 3.05) is 11.9 Å². The molecular weight excluding hydrogens is 256 g/mol. The molecule has 0 aliphatic rings. The second-order valence-corrected chi connectivity index (χ2v) is 5.14. The summed E-state index contributed by atoms with van der Waals surface area (Å²) in [7, 11) is 1.98. The van der Waals surface area contributed by atoms with Gasteiger partial charge in [-0.3, -0.25) is 0 Å². The molecule has 0 bridgehead atoms. The van der Waals surface area contributed by atoms with Gasteiger partial charge < -0.3 is 4.90 Å². The summed E-state index contributed by atoms with van der Waals surface area (Å²) >= 11 is 7.57. The average Bonchev–Trinajstić information content (AvgIpc) is 2.63. The van der Waals surface area contributed by atoms with Crippen LogP contribution in [0.1, 0.15) is 16.4 Å². The van der Waals surface area contributed by atoms with E-state index in [4.69, 9.17) is 11.6 Å². The minimum absolute atomic E-state index is 0.473.